The third kappa shape index (κ3) is 3.95. The van der Waals surface area contributed by atoms with Gasteiger partial charge in [0, 0.05) is 31.0 Å². The van der Waals surface area contributed by atoms with Crippen LogP contribution >= 0.6 is 11.3 Å². The number of fused-ring (bicyclic) bond motifs is 1. The van der Waals surface area contributed by atoms with E-state index >= 15 is 0 Å². The Hall–Kier alpha value is -3.52. The number of aromatic nitrogens is 3. The number of anilines is 3. The predicted octanol–water partition coefficient (Wildman–Crippen LogP) is 4.79. The average Bonchev–Trinajstić information content (AvgIpc) is 3.18. The van der Waals surface area contributed by atoms with Crippen molar-refractivity contribution in [1.82, 2.24) is 15.0 Å². The number of carbonyl (C=O) groups is 1. The third-order valence-electron chi connectivity index (χ3n) is 4.81. The van der Waals surface area contributed by atoms with Crippen molar-refractivity contribution in [1.29, 1.82) is 0 Å². The summed E-state index contributed by atoms with van der Waals surface area (Å²) in [6, 6.07) is 15.7. The van der Waals surface area contributed by atoms with Gasteiger partial charge in [-0.15, -0.1) is 0 Å². The molecule has 5 rings (SSSR count). The molecular weight excluding hydrogens is 398 g/mol. The first-order valence-electron chi connectivity index (χ1n) is 9.73. The Labute approximate surface area is 177 Å². The lowest BCUT2D eigenvalue weighted by Gasteiger charge is -2.27. The van der Waals surface area contributed by atoms with Crippen molar-refractivity contribution in [3.05, 3.63) is 60.9 Å². The van der Waals surface area contributed by atoms with Gasteiger partial charge >= 0.3 is 0 Å². The summed E-state index contributed by atoms with van der Waals surface area (Å²) in [5, 5.41) is 4.17. The zero-order valence-corrected chi connectivity index (χ0v) is 16.9. The van der Waals surface area contributed by atoms with E-state index in [0.717, 1.165) is 34.0 Å². The average molecular weight is 417 g/mol. The van der Waals surface area contributed by atoms with Gasteiger partial charge in [0.1, 0.15) is 5.75 Å². The molecule has 0 amide bonds. The van der Waals surface area contributed by atoms with Gasteiger partial charge < -0.3 is 15.0 Å². The number of Topliss-reactive ketones (excluding diaryl/α,β-unsaturated/α-hetero) is 1. The van der Waals surface area contributed by atoms with Crippen molar-refractivity contribution in [2.24, 2.45) is 0 Å². The quantitative estimate of drug-likeness (QED) is 0.500. The molecular formula is C22H19N5O2S. The zero-order valence-electron chi connectivity index (χ0n) is 16.1. The molecule has 1 fully saturated rings. The van der Waals surface area contributed by atoms with E-state index in [-0.39, 0.29) is 5.78 Å². The first-order chi connectivity index (χ1) is 14.7. The van der Waals surface area contributed by atoms with Gasteiger partial charge in [0.25, 0.3) is 5.88 Å². The molecule has 2 aromatic carbocycles. The molecule has 1 aliphatic rings. The maximum atomic E-state index is 11.8. The number of ketones is 1. The summed E-state index contributed by atoms with van der Waals surface area (Å²) in [7, 11) is 0. The van der Waals surface area contributed by atoms with Gasteiger partial charge in [-0.05, 0) is 42.8 Å². The highest BCUT2D eigenvalue weighted by Gasteiger charge is 2.22. The monoisotopic (exact) mass is 417 g/mol. The Morgan fingerprint density at radius 2 is 1.87 bits per heavy atom. The molecule has 150 valence electrons. The fourth-order valence-corrected chi connectivity index (χ4v) is 4.28. The van der Waals surface area contributed by atoms with Crippen LogP contribution < -0.4 is 15.0 Å². The first-order valence-corrected chi connectivity index (χ1v) is 10.5. The lowest BCUT2D eigenvalue weighted by molar-refractivity contribution is -0.118. The van der Waals surface area contributed by atoms with Gasteiger partial charge in [-0.25, -0.2) is 15.0 Å². The summed E-state index contributed by atoms with van der Waals surface area (Å²) in [5.41, 5.74) is 1.90. The second kappa shape index (κ2) is 8.08. The van der Waals surface area contributed by atoms with E-state index in [1.165, 1.54) is 0 Å². The molecule has 0 unspecified atom stereocenters. The molecule has 0 saturated carbocycles. The fraction of sp³-hybridized carbons (Fsp3) is 0.182. The summed E-state index contributed by atoms with van der Waals surface area (Å²) in [5.74, 6) is 1.86. The standard InChI is InChI=1S/C22H19N5O2S/c28-16-4-3-13-27(14-16)20-21(24-12-11-23-20)29-17-9-7-15(8-10-17)25-22-26-18-5-1-2-6-19(18)30-22/h1-2,5-12H,3-4,13-14H2,(H,25,26). The molecule has 3 heterocycles. The van der Waals surface area contributed by atoms with Crippen molar-refractivity contribution in [2.45, 2.75) is 12.8 Å². The minimum atomic E-state index is 0.211. The van der Waals surface area contributed by atoms with E-state index in [1.54, 1.807) is 23.7 Å². The number of nitrogens with zero attached hydrogens (tertiary/aromatic N) is 4. The van der Waals surface area contributed by atoms with Crippen LogP contribution in [0.15, 0.2) is 60.9 Å². The van der Waals surface area contributed by atoms with E-state index < -0.39 is 0 Å². The summed E-state index contributed by atoms with van der Waals surface area (Å²) in [6.07, 6.45) is 4.65. The Bertz CT molecular complexity index is 1160. The molecule has 1 aliphatic heterocycles. The molecule has 8 heteroatoms. The zero-order chi connectivity index (χ0) is 20.3. The number of carbonyl (C=O) groups excluding carboxylic acids is 1. The van der Waals surface area contributed by atoms with Crippen LogP contribution in [0.5, 0.6) is 11.6 Å². The number of hydrogen-bond donors (Lipinski definition) is 1. The molecule has 0 aliphatic carbocycles. The number of thiazole rings is 1. The van der Waals surface area contributed by atoms with Crippen molar-refractivity contribution >= 4 is 44.0 Å². The van der Waals surface area contributed by atoms with Gasteiger partial charge in [0.05, 0.1) is 16.8 Å². The molecule has 0 atom stereocenters. The Morgan fingerprint density at radius 3 is 2.70 bits per heavy atom. The van der Waals surface area contributed by atoms with E-state index in [0.29, 0.717) is 30.4 Å². The van der Waals surface area contributed by atoms with Crippen LogP contribution in [0.2, 0.25) is 0 Å². The highest BCUT2D eigenvalue weighted by atomic mass is 32.1. The van der Waals surface area contributed by atoms with Crippen molar-refractivity contribution in [3.8, 4) is 11.6 Å². The van der Waals surface area contributed by atoms with Gasteiger partial charge in [0.2, 0.25) is 0 Å². The van der Waals surface area contributed by atoms with Gasteiger partial charge in [-0.1, -0.05) is 23.5 Å². The molecule has 1 saturated heterocycles. The maximum Gasteiger partial charge on any atom is 0.263 e. The number of hydrogen-bond acceptors (Lipinski definition) is 8. The number of piperidine rings is 1. The number of para-hydroxylation sites is 1. The number of benzene rings is 2. The van der Waals surface area contributed by atoms with Crippen LogP contribution in [0.3, 0.4) is 0 Å². The van der Waals surface area contributed by atoms with Gasteiger partial charge in [-0.2, -0.15) is 0 Å². The number of rotatable bonds is 5. The molecule has 1 N–H and O–H groups in total. The lowest BCUT2D eigenvalue weighted by atomic mass is 10.1. The molecule has 30 heavy (non-hydrogen) atoms. The van der Waals surface area contributed by atoms with E-state index in [4.69, 9.17) is 4.74 Å². The Morgan fingerprint density at radius 1 is 1.03 bits per heavy atom. The van der Waals surface area contributed by atoms with Crippen LogP contribution in [0, 0.1) is 0 Å². The second-order valence-electron chi connectivity index (χ2n) is 6.99. The predicted molar refractivity (Wildman–Crippen MR) is 118 cm³/mol. The van der Waals surface area contributed by atoms with Crippen molar-refractivity contribution in [2.75, 3.05) is 23.3 Å². The molecule has 0 spiro atoms. The van der Waals surface area contributed by atoms with E-state index in [9.17, 15) is 4.79 Å². The SMILES string of the molecule is O=C1CCCN(c2nccnc2Oc2ccc(Nc3nc4ccccc4s3)cc2)C1. The molecule has 2 aromatic heterocycles. The molecule has 4 aromatic rings. The first kappa shape index (κ1) is 18.5. The molecule has 0 bridgehead atoms. The third-order valence-corrected chi connectivity index (χ3v) is 5.76. The van der Waals surface area contributed by atoms with Crippen LogP contribution in [0.4, 0.5) is 16.6 Å². The van der Waals surface area contributed by atoms with Crippen LogP contribution in [-0.4, -0.2) is 33.8 Å². The summed E-state index contributed by atoms with van der Waals surface area (Å²) in [4.78, 5) is 27.1. The van der Waals surface area contributed by atoms with Crippen molar-refractivity contribution in [3.63, 3.8) is 0 Å². The largest absolute Gasteiger partial charge is 0.436 e. The number of ether oxygens (including phenoxy) is 1. The Kier molecular flexibility index (Phi) is 4.98. The summed E-state index contributed by atoms with van der Waals surface area (Å²) >= 11 is 1.61. The smallest absolute Gasteiger partial charge is 0.263 e. The topological polar surface area (TPSA) is 80.2 Å². The molecule has 0 radical (unpaired) electrons. The highest BCUT2D eigenvalue weighted by molar-refractivity contribution is 7.22. The normalized spacial score (nSPS) is 14.1. The van der Waals surface area contributed by atoms with E-state index in [2.05, 4.69) is 26.3 Å². The van der Waals surface area contributed by atoms with Gasteiger partial charge in [0.15, 0.2) is 16.7 Å². The lowest BCUT2D eigenvalue weighted by Crippen LogP contribution is -2.36. The second-order valence-corrected chi connectivity index (χ2v) is 8.02. The van der Waals surface area contributed by atoms with E-state index in [1.807, 2.05) is 47.4 Å². The van der Waals surface area contributed by atoms with Crippen LogP contribution in [0.1, 0.15) is 12.8 Å². The fourth-order valence-electron chi connectivity index (χ4n) is 3.39. The highest BCUT2D eigenvalue weighted by Crippen LogP contribution is 2.31. The summed E-state index contributed by atoms with van der Waals surface area (Å²) < 4.78 is 7.13. The van der Waals surface area contributed by atoms with Crippen LogP contribution in [0.25, 0.3) is 10.2 Å². The minimum Gasteiger partial charge on any atom is -0.436 e. The maximum absolute atomic E-state index is 11.8. The summed E-state index contributed by atoms with van der Waals surface area (Å²) in [6.45, 7) is 1.12. The Balaban J connectivity index is 1.31. The number of nitrogens with one attached hydrogen (secondary N) is 1. The van der Waals surface area contributed by atoms with Gasteiger partial charge in [-0.3, -0.25) is 4.79 Å². The minimum absolute atomic E-state index is 0.211. The van der Waals surface area contributed by atoms with Crippen molar-refractivity contribution < 1.29 is 9.53 Å². The molecule has 7 nitrogen and oxygen atoms in total. The van der Waals surface area contributed by atoms with Crippen LogP contribution in [-0.2, 0) is 4.79 Å².